The molecule has 2 aromatic rings. The molecule has 0 heterocycles. The molecule has 2 N–H and O–H groups in total. The van der Waals surface area contributed by atoms with Gasteiger partial charge in [0.05, 0.1) is 0 Å². The average molecular weight is 331 g/mol. The number of anilines is 1. The minimum absolute atomic E-state index is 0.498. The molecule has 1 aliphatic carbocycles. The number of rotatable bonds is 3. The summed E-state index contributed by atoms with van der Waals surface area (Å²) in [6.07, 6.45) is 2.31. The number of fused-ring (bicyclic) bond motifs is 1. The highest BCUT2D eigenvalue weighted by Gasteiger charge is 2.26. The lowest BCUT2D eigenvalue weighted by Gasteiger charge is -2.25. The van der Waals surface area contributed by atoms with E-state index in [1.807, 2.05) is 6.07 Å². The Balaban J connectivity index is 1.80. The van der Waals surface area contributed by atoms with Crippen molar-refractivity contribution in [2.24, 2.45) is 0 Å². The third-order valence-electron chi connectivity index (χ3n) is 4.12. The van der Waals surface area contributed by atoms with Crippen LogP contribution in [-0.4, -0.2) is 11.9 Å². The maximum atomic E-state index is 5.88. The standard InChI is InChI=1S/C17H19BrN2/c1-20(11-13-4-2-3-5-16(13)18)17-9-6-12-10-14(19)7-8-15(12)17/h2-5,7-8,10,17H,6,9,11,19H2,1H3. The lowest BCUT2D eigenvalue weighted by atomic mass is 10.1. The average Bonchev–Trinajstić information content (AvgIpc) is 2.84. The Labute approximate surface area is 128 Å². The number of hydrogen-bond donors (Lipinski definition) is 1. The Morgan fingerprint density at radius 1 is 1.25 bits per heavy atom. The number of benzene rings is 2. The molecular weight excluding hydrogens is 312 g/mol. The molecule has 0 saturated heterocycles. The molecule has 104 valence electrons. The monoisotopic (exact) mass is 330 g/mol. The molecule has 0 saturated carbocycles. The van der Waals surface area contributed by atoms with E-state index in [4.69, 9.17) is 5.73 Å². The number of nitrogens with two attached hydrogens (primary N) is 1. The van der Waals surface area contributed by atoms with Crippen LogP contribution in [0.4, 0.5) is 5.69 Å². The highest BCUT2D eigenvalue weighted by molar-refractivity contribution is 9.10. The third kappa shape index (κ3) is 2.60. The van der Waals surface area contributed by atoms with Crippen LogP contribution in [-0.2, 0) is 13.0 Å². The SMILES string of the molecule is CN(Cc1ccccc1Br)C1CCc2cc(N)ccc21. The summed E-state index contributed by atoms with van der Waals surface area (Å²) < 4.78 is 1.18. The van der Waals surface area contributed by atoms with E-state index in [9.17, 15) is 0 Å². The van der Waals surface area contributed by atoms with Gasteiger partial charge in [-0.2, -0.15) is 0 Å². The van der Waals surface area contributed by atoms with Gasteiger partial charge in [-0.3, -0.25) is 4.90 Å². The fourth-order valence-corrected chi connectivity index (χ4v) is 3.49. The van der Waals surface area contributed by atoms with E-state index in [2.05, 4.69) is 64.3 Å². The van der Waals surface area contributed by atoms with Gasteiger partial charge in [0.1, 0.15) is 0 Å². The highest BCUT2D eigenvalue weighted by atomic mass is 79.9. The van der Waals surface area contributed by atoms with E-state index in [0.717, 1.165) is 18.7 Å². The summed E-state index contributed by atoms with van der Waals surface area (Å²) >= 11 is 3.63. The Hall–Kier alpha value is -1.32. The second-order valence-electron chi connectivity index (χ2n) is 5.52. The Morgan fingerprint density at radius 2 is 2.05 bits per heavy atom. The molecule has 0 bridgehead atoms. The smallest absolute Gasteiger partial charge is 0.0354 e. The van der Waals surface area contributed by atoms with E-state index >= 15 is 0 Å². The van der Waals surface area contributed by atoms with E-state index in [0.29, 0.717) is 6.04 Å². The number of halogens is 1. The molecule has 3 rings (SSSR count). The van der Waals surface area contributed by atoms with Crippen LogP contribution >= 0.6 is 15.9 Å². The van der Waals surface area contributed by atoms with Gasteiger partial charge in [0.15, 0.2) is 0 Å². The fraction of sp³-hybridized carbons (Fsp3) is 0.294. The Bertz CT molecular complexity index is 624. The molecule has 3 heteroatoms. The quantitative estimate of drug-likeness (QED) is 0.856. The van der Waals surface area contributed by atoms with Crippen molar-refractivity contribution >= 4 is 21.6 Å². The zero-order valence-electron chi connectivity index (χ0n) is 11.6. The van der Waals surface area contributed by atoms with Crippen LogP contribution in [0.3, 0.4) is 0 Å². The summed E-state index contributed by atoms with van der Waals surface area (Å²) in [6, 6.07) is 15.3. The second-order valence-corrected chi connectivity index (χ2v) is 6.37. The Kier molecular flexibility index (Phi) is 3.81. The molecule has 0 fully saturated rings. The molecular formula is C17H19BrN2. The van der Waals surface area contributed by atoms with Crippen molar-refractivity contribution in [3.63, 3.8) is 0 Å². The summed E-state index contributed by atoms with van der Waals surface area (Å²) in [7, 11) is 2.20. The molecule has 2 nitrogen and oxygen atoms in total. The second kappa shape index (κ2) is 5.58. The zero-order valence-corrected chi connectivity index (χ0v) is 13.2. The predicted molar refractivity (Wildman–Crippen MR) is 87.5 cm³/mol. The summed E-state index contributed by atoms with van der Waals surface area (Å²) in [5.41, 5.74) is 10.9. The topological polar surface area (TPSA) is 29.3 Å². The van der Waals surface area contributed by atoms with Gasteiger partial charge in [0, 0.05) is 22.7 Å². The summed E-state index contributed by atoms with van der Waals surface area (Å²) in [6.45, 7) is 0.954. The lowest BCUT2D eigenvalue weighted by Crippen LogP contribution is -2.22. The van der Waals surface area contributed by atoms with E-state index in [1.165, 1.54) is 27.6 Å². The molecule has 0 spiro atoms. The van der Waals surface area contributed by atoms with Crippen molar-refractivity contribution in [3.8, 4) is 0 Å². The van der Waals surface area contributed by atoms with Gasteiger partial charge in [-0.05, 0) is 54.8 Å². The minimum atomic E-state index is 0.498. The normalized spacial score (nSPS) is 17.4. The summed E-state index contributed by atoms with van der Waals surface area (Å²) in [5, 5.41) is 0. The first-order valence-electron chi connectivity index (χ1n) is 6.97. The van der Waals surface area contributed by atoms with Gasteiger partial charge in [-0.1, -0.05) is 40.2 Å². The van der Waals surface area contributed by atoms with Crippen molar-refractivity contribution in [2.75, 3.05) is 12.8 Å². The van der Waals surface area contributed by atoms with Crippen molar-refractivity contribution < 1.29 is 0 Å². The van der Waals surface area contributed by atoms with E-state index in [1.54, 1.807) is 0 Å². The maximum absolute atomic E-state index is 5.88. The molecule has 0 amide bonds. The molecule has 1 atom stereocenters. The first kappa shape index (κ1) is 13.7. The van der Waals surface area contributed by atoms with Crippen LogP contribution < -0.4 is 5.73 Å². The van der Waals surface area contributed by atoms with Gasteiger partial charge < -0.3 is 5.73 Å². The predicted octanol–water partition coefficient (Wildman–Crippen LogP) is 4.15. The molecule has 20 heavy (non-hydrogen) atoms. The van der Waals surface area contributed by atoms with E-state index < -0.39 is 0 Å². The van der Waals surface area contributed by atoms with Crippen LogP contribution in [0.5, 0.6) is 0 Å². The largest absolute Gasteiger partial charge is 0.399 e. The molecule has 2 aromatic carbocycles. The Morgan fingerprint density at radius 3 is 2.85 bits per heavy atom. The lowest BCUT2D eigenvalue weighted by molar-refractivity contribution is 0.235. The number of aryl methyl sites for hydroxylation is 1. The van der Waals surface area contributed by atoms with Crippen LogP contribution in [0.25, 0.3) is 0 Å². The van der Waals surface area contributed by atoms with Crippen molar-refractivity contribution in [2.45, 2.75) is 25.4 Å². The number of hydrogen-bond acceptors (Lipinski definition) is 2. The van der Waals surface area contributed by atoms with Gasteiger partial charge in [0.25, 0.3) is 0 Å². The van der Waals surface area contributed by atoms with Crippen LogP contribution in [0, 0.1) is 0 Å². The minimum Gasteiger partial charge on any atom is -0.399 e. The van der Waals surface area contributed by atoms with Gasteiger partial charge in [-0.25, -0.2) is 0 Å². The van der Waals surface area contributed by atoms with Crippen molar-refractivity contribution in [3.05, 3.63) is 63.6 Å². The van der Waals surface area contributed by atoms with Crippen LogP contribution in [0.2, 0.25) is 0 Å². The molecule has 1 unspecified atom stereocenters. The molecule has 0 aliphatic heterocycles. The first-order chi connectivity index (χ1) is 9.65. The van der Waals surface area contributed by atoms with Gasteiger partial charge in [0.2, 0.25) is 0 Å². The fourth-order valence-electron chi connectivity index (χ4n) is 3.08. The third-order valence-corrected chi connectivity index (χ3v) is 4.90. The van der Waals surface area contributed by atoms with Crippen molar-refractivity contribution in [1.82, 2.24) is 4.90 Å². The summed E-state index contributed by atoms with van der Waals surface area (Å²) in [4.78, 5) is 2.43. The van der Waals surface area contributed by atoms with E-state index in [-0.39, 0.29) is 0 Å². The molecule has 0 aromatic heterocycles. The number of nitrogens with zero attached hydrogens (tertiary/aromatic N) is 1. The van der Waals surface area contributed by atoms with Gasteiger partial charge >= 0.3 is 0 Å². The maximum Gasteiger partial charge on any atom is 0.0354 e. The van der Waals surface area contributed by atoms with Gasteiger partial charge in [-0.15, -0.1) is 0 Å². The van der Waals surface area contributed by atoms with Crippen LogP contribution in [0.15, 0.2) is 46.9 Å². The number of nitrogen functional groups attached to an aromatic ring is 1. The van der Waals surface area contributed by atoms with Crippen LogP contribution in [0.1, 0.15) is 29.2 Å². The summed E-state index contributed by atoms with van der Waals surface area (Å²) in [5.74, 6) is 0. The molecule has 0 radical (unpaired) electrons. The first-order valence-corrected chi connectivity index (χ1v) is 7.76. The zero-order chi connectivity index (χ0) is 14.1. The highest BCUT2D eigenvalue weighted by Crippen LogP contribution is 2.37. The van der Waals surface area contributed by atoms with Crippen molar-refractivity contribution in [1.29, 1.82) is 0 Å². The molecule has 1 aliphatic rings.